The van der Waals surface area contributed by atoms with Crippen molar-refractivity contribution in [3.63, 3.8) is 0 Å². The van der Waals surface area contributed by atoms with Crippen LogP contribution in [-0.4, -0.2) is 7.11 Å². The topological polar surface area (TPSA) is 9.23 Å². The second kappa shape index (κ2) is 5.69. The van der Waals surface area contributed by atoms with Crippen LogP contribution in [0.3, 0.4) is 0 Å². The molecule has 0 N–H and O–H groups in total. The molecule has 0 aliphatic rings. The zero-order valence-corrected chi connectivity index (χ0v) is 12.7. The number of alkyl halides is 1. The number of hydrogen-bond acceptors (Lipinski definition) is 1. The lowest BCUT2D eigenvalue weighted by Crippen LogP contribution is -2.17. The van der Waals surface area contributed by atoms with Crippen molar-refractivity contribution in [1.29, 1.82) is 0 Å². The lowest BCUT2D eigenvalue weighted by molar-refractivity contribution is 0.336. The summed E-state index contributed by atoms with van der Waals surface area (Å²) in [5.41, 5.74) is 0.814. The van der Waals surface area contributed by atoms with E-state index in [1.54, 1.807) is 19.2 Å². The lowest BCUT2D eigenvalue weighted by Gasteiger charge is -2.29. The van der Waals surface area contributed by atoms with Crippen LogP contribution in [0.2, 0.25) is 10.0 Å². The molecule has 0 bridgehead atoms. The minimum atomic E-state index is -0.177. The van der Waals surface area contributed by atoms with Gasteiger partial charge in [0.2, 0.25) is 0 Å². The molecule has 0 aliphatic carbocycles. The first kappa shape index (κ1) is 14.9. The third-order valence-corrected chi connectivity index (χ3v) is 4.59. The third kappa shape index (κ3) is 3.21. The average Bonchev–Trinajstić information content (AvgIpc) is 2.30. The predicted octanol–water partition coefficient (Wildman–Crippen LogP) is 5.72. The fraction of sp³-hybridized carbons (Fsp3) is 0.538. The Kier molecular flexibility index (Phi) is 5.00. The molecule has 96 valence electrons. The molecular weight excluding hydrogens is 279 g/mol. The third-order valence-electron chi connectivity index (χ3n) is 3.14. The molecule has 1 unspecified atom stereocenters. The van der Waals surface area contributed by atoms with Gasteiger partial charge in [0.25, 0.3) is 0 Å². The molecule has 1 aromatic carbocycles. The molecular formula is C13H17Cl3O. The molecule has 0 saturated heterocycles. The van der Waals surface area contributed by atoms with Gasteiger partial charge in [-0.15, -0.1) is 11.6 Å². The molecule has 0 aliphatic heterocycles. The van der Waals surface area contributed by atoms with Crippen LogP contribution in [-0.2, 0) is 0 Å². The highest BCUT2D eigenvalue weighted by Gasteiger charge is 2.29. The van der Waals surface area contributed by atoms with Crippen LogP contribution in [0, 0.1) is 5.41 Å². The number of ether oxygens (including phenoxy) is 1. The van der Waals surface area contributed by atoms with E-state index in [4.69, 9.17) is 39.5 Å². The first-order valence-corrected chi connectivity index (χ1v) is 6.69. The SMILES string of the molecule is CCC(C)(C)C(Cl)c1cc(Cl)c(OC)cc1Cl. The maximum absolute atomic E-state index is 6.49. The number of benzene rings is 1. The van der Waals surface area contributed by atoms with Gasteiger partial charge in [-0.3, -0.25) is 0 Å². The van der Waals surface area contributed by atoms with Crippen molar-refractivity contribution in [2.45, 2.75) is 32.6 Å². The maximum atomic E-state index is 6.49. The Morgan fingerprint density at radius 1 is 1.24 bits per heavy atom. The van der Waals surface area contributed by atoms with Gasteiger partial charge in [-0.05, 0) is 23.5 Å². The summed E-state index contributed by atoms with van der Waals surface area (Å²) in [6, 6.07) is 3.50. The minimum absolute atomic E-state index is 0.0386. The van der Waals surface area contributed by atoms with Crippen LogP contribution >= 0.6 is 34.8 Å². The van der Waals surface area contributed by atoms with Crippen molar-refractivity contribution < 1.29 is 4.74 Å². The van der Waals surface area contributed by atoms with E-state index in [0.717, 1.165) is 12.0 Å². The van der Waals surface area contributed by atoms with Crippen LogP contribution < -0.4 is 4.74 Å². The highest BCUT2D eigenvalue weighted by molar-refractivity contribution is 6.35. The van der Waals surface area contributed by atoms with Crippen molar-refractivity contribution in [2.24, 2.45) is 5.41 Å². The number of hydrogen-bond donors (Lipinski definition) is 0. The molecule has 0 aromatic heterocycles. The fourth-order valence-electron chi connectivity index (χ4n) is 1.49. The quantitative estimate of drug-likeness (QED) is 0.646. The van der Waals surface area contributed by atoms with Crippen LogP contribution in [0.1, 0.15) is 38.1 Å². The Balaban J connectivity index is 3.19. The Labute approximate surface area is 118 Å². The lowest BCUT2D eigenvalue weighted by atomic mass is 9.83. The highest BCUT2D eigenvalue weighted by Crippen LogP contribution is 2.45. The van der Waals surface area contributed by atoms with Crippen LogP contribution in [0.4, 0.5) is 0 Å². The molecule has 1 rings (SSSR count). The summed E-state index contributed by atoms with van der Waals surface area (Å²) in [4.78, 5) is 0. The maximum Gasteiger partial charge on any atom is 0.138 e. The molecule has 0 heterocycles. The summed E-state index contributed by atoms with van der Waals surface area (Å²) in [5.74, 6) is 0.568. The van der Waals surface area contributed by atoms with Crippen LogP contribution in [0.15, 0.2) is 12.1 Å². The first-order chi connectivity index (χ1) is 7.83. The van der Waals surface area contributed by atoms with Crippen molar-refractivity contribution in [1.82, 2.24) is 0 Å². The Bertz CT molecular complexity index is 402. The smallest absolute Gasteiger partial charge is 0.138 e. The van der Waals surface area contributed by atoms with E-state index in [0.29, 0.717) is 15.8 Å². The van der Waals surface area contributed by atoms with Gasteiger partial charge in [-0.2, -0.15) is 0 Å². The molecule has 4 heteroatoms. The second-order valence-corrected chi connectivity index (χ2v) is 5.96. The van der Waals surface area contributed by atoms with Crippen molar-refractivity contribution >= 4 is 34.8 Å². The Morgan fingerprint density at radius 3 is 2.29 bits per heavy atom. The fourth-order valence-corrected chi connectivity index (χ4v) is 2.40. The minimum Gasteiger partial charge on any atom is -0.495 e. The zero-order chi connectivity index (χ0) is 13.2. The van der Waals surface area contributed by atoms with Gasteiger partial charge >= 0.3 is 0 Å². The van der Waals surface area contributed by atoms with Gasteiger partial charge in [-0.1, -0.05) is 44.0 Å². The standard InChI is InChI=1S/C13H17Cl3O/c1-5-13(2,3)12(16)8-6-10(15)11(17-4)7-9(8)14/h6-7,12H,5H2,1-4H3. The van der Waals surface area contributed by atoms with Crippen LogP contribution in [0.5, 0.6) is 5.75 Å². The van der Waals surface area contributed by atoms with Crippen molar-refractivity contribution in [3.8, 4) is 5.75 Å². The molecule has 17 heavy (non-hydrogen) atoms. The molecule has 1 nitrogen and oxygen atoms in total. The van der Waals surface area contributed by atoms with E-state index in [9.17, 15) is 0 Å². The summed E-state index contributed by atoms with van der Waals surface area (Å²) < 4.78 is 5.11. The molecule has 0 amide bonds. The second-order valence-electron chi connectivity index (χ2n) is 4.71. The molecule has 0 saturated carbocycles. The molecule has 0 radical (unpaired) electrons. The van der Waals surface area contributed by atoms with Gasteiger partial charge in [0.15, 0.2) is 0 Å². The number of methoxy groups -OCH3 is 1. The van der Waals surface area contributed by atoms with E-state index >= 15 is 0 Å². The Morgan fingerprint density at radius 2 is 1.82 bits per heavy atom. The predicted molar refractivity (Wildman–Crippen MR) is 75.7 cm³/mol. The van der Waals surface area contributed by atoms with Crippen molar-refractivity contribution in [2.75, 3.05) is 7.11 Å². The zero-order valence-electron chi connectivity index (χ0n) is 10.5. The van der Waals surface area contributed by atoms with Gasteiger partial charge in [0.1, 0.15) is 5.75 Å². The molecule has 0 fully saturated rings. The number of rotatable bonds is 4. The summed E-state index contributed by atoms with van der Waals surface area (Å²) >= 11 is 18.8. The average molecular weight is 296 g/mol. The monoisotopic (exact) mass is 294 g/mol. The molecule has 0 spiro atoms. The first-order valence-electron chi connectivity index (χ1n) is 5.50. The van der Waals surface area contributed by atoms with E-state index in [1.165, 1.54) is 0 Å². The van der Waals surface area contributed by atoms with E-state index in [-0.39, 0.29) is 10.8 Å². The van der Waals surface area contributed by atoms with Crippen molar-refractivity contribution in [3.05, 3.63) is 27.7 Å². The molecule has 1 aromatic rings. The van der Waals surface area contributed by atoms with E-state index < -0.39 is 0 Å². The van der Waals surface area contributed by atoms with Crippen LogP contribution in [0.25, 0.3) is 0 Å². The summed E-state index contributed by atoms with van der Waals surface area (Å²) in [6.07, 6.45) is 0.959. The summed E-state index contributed by atoms with van der Waals surface area (Å²) in [7, 11) is 1.56. The largest absolute Gasteiger partial charge is 0.495 e. The van der Waals surface area contributed by atoms with Gasteiger partial charge in [0.05, 0.1) is 17.5 Å². The van der Waals surface area contributed by atoms with Gasteiger partial charge in [0, 0.05) is 11.1 Å². The summed E-state index contributed by atoms with van der Waals surface area (Å²) in [6.45, 7) is 6.33. The number of halogens is 3. The molecule has 1 atom stereocenters. The van der Waals surface area contributed by atoms with Gasteiger partial charge < -0.3 is 4.74 Å². The normalized spacial score (nSPS) is 13.6. The Hall–Kier alpha value is -0.110. The highest BCUT2D eigenvalue weighted by atomic mass is 35.5. The van der Waals surface area contributed by atoms with Gasteiger partial charge in [-0.25, -0.2) is 0 Å². The summed E-state index contributed by atoms with van der Waals surface area (Å²) in [5, 5.41) is 0.945. The van der Waals surface area contributed by atoms with E-state index in [2.05, 4.69) is 20.8 Å². The van der Waals surface area contributed by atoms with E-state index in [1.807, 2.05) is 0 Å².